The molecule has 1 saturated heterocycles. The Labute approximate surface area is 123 Å². The van der Waals surface area contributed by atoms with Gasteiger partial charge in [0, 0.05) is 19.1 Å². The fraction of sp³-hybridized carbons (Fsp3) is 0.500. The van der Waals surface area contributed by atoms with Gasteiger partial charge < -0.3 is 20.2 Å². The molecule has 0 spiro atoms. The fourth-order valence-electron chi connectivity index (χ4n) is 2.36. The highest BCUT2D eigenvalue weighted by atomic mass is 16.4. The Morgan fingerprint density at radius 1 is 1.43 bits per heavy atom. The van der Waals surface area contributed by atoms with Crippen molar-refractivity contribution in [1.82, 2.24) is 14.8 Å². The summed E-state index contributed by atoms with van der Waals surface area (Å²) in [6.07, 6.45) is 3.42. The standard InChI is InChI=1S/C14H20N4O3/c1-17(2)11-4-3-7-18(9-11)14(21)16-10-5-6-12(13(19)20)15-8-10/h5-6,8,11H,3-4,7,9H2,1-2H3,(H,16,21)(H,19,20). The fourth-order valence-corrected chi connectivity index (χ4v) is 2.36. The number of likely N-dealkylation sites (tertiary alicyclic amines) is 1. The number of anilines is 1. The molecule has 7 heteroatoms. The van der Waals surface area contributed by atoms with Crippen molar-refractivity contribution in [1.29, 1.82) is 0 Å². The third kappa shape index (κ3) is 3.91. The van der Waals surface area contributed by atoms with Gasteiger partial charge in [0.1, 0.15) is 5.69 Å². The number of nitrogens with one attached hydrogen (secondary N) is 1. The number of rotatable bonds is 3. The van der Waals surface area contributed by atoms with Crippen LogP contribution in [-0.4, -0.2) is 65.1 Å². The maximum atomic E-state index is 12.2. The van der Waals surface area contributed by atoms with Crippen LogP contribution in [0.15, 0.2) is 18.3 Å². The van der Waals surface area contributed by atoms with E-state index in [1.807, 2.05) is 14.1 Å². The molecule has 0 aromatic carbocycles. The number of nitrogens with zero attached hydrogens (tertiary/aromatic N) is 3. The van der Waals surface area contributed by atoms with E-state index in [2.05, 4.69) is 15.2 Å². The molecule has 1 aromatic heterocycles. The third-order valence-corrected chi connectivity index (χ3v) is 3.65. The smallest absolute Gasteiger partial charge is 0.354 e. The number of carboxylic acid groups (broad SMARTS) is 1. The van der Waals surface area contributed by atoms with Gasteiger partial charge in [-0.15, -0.1) is 0 Å². The molecule has 21 heavy (non-hydrogen) atoms. The average Bonchev–Trinajstić information content (AvgIpc) is 2.48. The van der Waals surface area contributed by atoms with Crippen molar-refractivity contribution >= 4 is 17.7 Å². The molecule has 2 N–H and O–H groups in total. The molecule has 1 atom stereocenters. The molecule has 1 aliphatic rings. The number of hydrogen-bond donors (Lipinski definition) is 2. The summed E-state index contributed by atoms with van der Waals surface area (Å²) in [5, 5.41) is 11.5. The first-order valence-electron chi connectivity index (χ1n) is 6.89. The van der Waals surface area contributed by atoms with Gasteiger partial charge in [-0.25, -0.2) is 14.6 Å². The molecular weight excluding hydrogens is 272 g/mol. The van der Waals surface area contributed by atoms with Crippen molar-refractivity contribution in [2.24, 2.45) is 0 Å². The molecule has 0 saturated carbocycles. The summed E-state index contributed by atoms with van der Waals surface area (Å²) in [5.74, 6) is -1.09. The number of urea groups is 1. The number of piperidine rings is 1. The topological polar surface area (TPSA) is 85.8 Å². The largest absolute Gasteiger partial charge is 0.477 e. The Morgan fingerprint density at radius 3 is 2.76 bits per heavy atom. The number of aromatic nitrogens is 1. The van der Waals surface area contributed by atoms with Crippen molar-refractivity contribution in [2.45, 2.75) is 18.9 Å². The van der Waals surface area contributed by atoms with E-state index >= 15 is 0 Å². The van der Waals surface area contributed by atoms with E-state index in [9.17, 15) is 9.59 Å². The molecule has 0 bridgehead atoms. The predicted molar refractivity (Wildman–Crippen MR) is 78.5 cm³/mol. The maximum absolute atomic E-state index is 12.2. The number of carboxylic acids is 1. The van der Waals surface area contributed by atoms with Gasteiger partial charge in [-0.2, -0.15) is 0 Å². The number of carbonyl (C=O) groups excluding carboxylic acids is 1. The van der Waals surface area contributed by atoms with Gasteiger partial charge in [0.15, 0.2) is 0 Å². The Kier molecular flexibility index (Phi) is 4.74. The van der Waals surface area contributed by atoms with Crippen LogP contribution in [0.3, 0.4) is 0 Å². The van der Waals surface area contributed by atoms with Crippen molar-refractivity contribution in [3.05, 3.63) is 24.0 Å². The number of amides is 2. The van der Waals surface area contributed by atoms with Crippen LogP contribution in [0.4, 0.5) is 10.5 Å². The summed E-state index contributed by atoms with van der Waals surface area (Å²) in [5.41, 5.74) is 0.454. The molecule has 7 nitrogen and oxygen atoms in total. The monoisotopic (exact) mass is 292 g/mol. The molecule has 114 valence electrons. The molecule has 1 aromatic rings. The number of hydrogen-bond acceptors (Lipinski definition) is 4. The summed E-state index contributed by atoms with van der Waals surface area (Å²) in [4.78, 5) is 30.6. The minimum absolute atomic E-state index is 0.0429. The van der Waals surface area contributed by atoms with Crippen molar-refractivity contribution in [3.8, 4) is 0 Å². The molecule has 2 rings (SSSR count). The van der Waals surface area contributed by atoms with Gasteiger partial charge in [-0.05, 0) is 39.1 Å². The number of likely N-dealkylation sites (N-methyl/N-ethyl adjacent to an activating group) is 1. The van der Waals surface area contributed by atoms with E-state index < -0.39 is 5.97 Å². The van der Waals surface area contributed by atoms with E-state index in [4.69, 9.17) is 5.11 Å². The zero-order valence-corrected chi connectivity index (χ0v) is 12.2. The van der Waals surface area contributed by atoms with Gasteiger partial charge in [-0.3, -0.25) is 0 Å². The summed E-state index contributed by atoms with van der Waals surface area (Å²) in [7, 11) is 4.03. The predicted octanol–water partition coefficient (Wildman–Crippen LogP) is 1.34. The first kappa shape index (κ1) is 15.2. The second-order valence-electron chi connectivity index (χ2n) is 5.37. The summed E-state index contributed by atoms with van der Waals surface area (Å²) < 4.78 is 0. The minimum atomic E-state index is -1.09. The Bertz CT molecular complexity index is 515. The molecule has 1 aliphatic heterocycles. The van der Waals surface area contributed by atoms with Gasteiger partial charge >= 0.3 is 12.0 Å². The van der Waals surface area contributed by atoms with Crippen LogP contribution in [0.5, 0.6) is 0 Å². The molecule has 0 radical (unpaired) electrons. The lowest BCUT2D eigenvalue weighted by molar-refractivity contribution is 0.0690. The number of carbonyl (C=O) groups is 2. The SMILES string of the molecule is CN(C)C1CCCN(C(=O)Nc2ccc(C(=O)O)nc2)C1. The first-order valence-corrected chi connectivity index (χ1v) is 6.89. The summed E-state index contributed by atoms with van der Waals surface area (Å²) in [6.45, 7) is 1.43. The van der Waals surface area contributed by atoms with Crippen molar-refractivity contribution in [3.63, 3.8) is 0 Å². The molecule has 2 heterocycles. The Balaban J connectivity index is 1.96. The normalized spacial score (nSPS) is 18.6. The Hall–Kier alpha value is -2.15. The molecule has 2 amide bonds. The van der Waals surface area contributed by atoms with Crippen LogP contribution in [-0.2, 0) is 0 Å². The third-order valence-electron chi connectivity index (χ3n) is 3.65. The maximum Gasteiger partial charge on any atom is 0.354 e. The molecule has 0 aliphatic carbocycles. The van der Waals surface area contributed by atoms with E-state index in [0.717, 1.165) is 19.4 Å². The van der Waals surface area contributed by atoms with Gasteiger partial charge in [-0.1, -0.05) is 0 Å². The Morgan fingerprint density at radius 2 is 2.19 bits per heavy atom. The lowest BCUT2D eigenvalue weighted by Gasteiger charge is -2.36. The number of pyridine rings is 1. The van der Waals surface area contributed by atoms with E-state index in [-0.39, 0.29) is 11.7 Å². The molecule has 1 fully saturated rings. The summed E-state index contributed by atoms with van der Waals surface area (Å²) >= 11 is 0. The lowest BCUT2D eigenvalue weighted by Crippen LogP contribution is -2.48. The quantitative estimate of drug-likeness (QED) is 0.878. The highest BCUT2D eigenvalue weighted by molar-refractivity contribution is 5.90. The minimum Gasteiger partial charge on any atom is -0.477 e. The zero-order chi connectivity index (χ0) is 15.4. The average molecular weight is 292 g/mol. The zero-order valence-electron chi connectivity index (χ0n) is 12.2. The second-order valence-corrected chi connectivity index (χ2v) is 5.37. The highest BCUT2D eigenvalue weighted by Gasteiger charge is 2.24. The van der Waals surface area contributed by atoms with Crippen LogP contribution in [0, 0.1) is 0 Å². The van der Waals surface area contributed by atoms with Gasteiger partial charge in [0.25, 0.3) is 0 Å². The van der Waals surface area contributed by atoms with Gasteiger partial charge in [0.05, 0.1) is 11.9 Å². The summed E-state index contributed by atoms with van der Waals surface area (Å²) in [6, 6.07) is 3.11. The van der Waals surface area contributed by atoms with Crippen LogP contribution in [0.1, 0.15) is 23.3 Å². The second kappa shape index (κ2) is 6.53. The van der Waals surface area contributed by atoms with Crippen molar-refractivity contribution in [2.75, 3.05) is 32.5 Å². The van der Waals surface area contributed by atoms with Gasteiger partial charge in [0.2, 0.25) is 0 Å². The van der Waals surface area contributed by atoms with E-state index in [0.29, 0.717) is 18.3 Å². The van der Waals surface area contributed by atoms with Crippen LogP contribution in [0.25, 0.3) is 0 Å². The number of aromatic carboxylic acids is 1. The van der Waals surface area contributed by atoms with Crippen molar-refractivity contribution < 1.29 is 14.7 Å². The lowest BCUT2D eigenvalue weighted by atomic mass is 10.1. The molecular formula is C14H20N4O3. The first-order chi connectivity index (χ1) is 9.97. The highest BCUT2D eigenvalue weighted by Crippen LogP contribution is 2.15. The van der Waals surface area contributed by atoms with Crippen LogP contribution in [0.2, 0.25) is 0 Å². The van der Waals surface area contributed by atoms with E-state index in [1.165, 1.54) is 12.3 Å². The van der Waals surface area contributed by atoms with Crippen LogP contribution < -0.4 is 5.32 Å². The van der Waals surface area contributed by atoms with Crippen LogP contribution >= 0.6 is 0 Å². The molecule has 1 unspecified atom stereocenters. The van der Waals surface area contributed by atoms with E-state index in [1.54, 1.807) is 11.0 Å².